The van der Waals surface area contributed by atoms with Crippen molar-refractivity contribution in [2.24, 2.45) is 0 Å². The molecule has 1 aromatic carbocycles. The SMILES string of the molecule is CCN1c2cc(C)c(C)cc2C(C)=CC1(C)C. The molecule has 0 N–H and O–H groups in total. The van der Waals surface area contributed by atoms with E-state index in [-0.39, 0.29) is 5.54 Å². The van der Waals surface area contributed by atoms with E-state index < -0.39 is 0 Å². The average Bonchev–Trinajstić information content (AvgIpc) is 2.21. The molecule has 0 radical (unpaired) electrons. The second kappa shape index (κ2) is 3.90. The maximum absolute atomic E-state index is 2.49. The van der Waals surface area contributed by atoms with Crippen molar-refractivity contribution in [2.45, 2.75) is 47.1 Å². The molecule has 0 bridgehead atoms. The van der Waals surface area contributed by atoms with Crippen molar-refractivity contribution >= 4 is 11.3 Å². The molecule has 1 heterocycles. The molecule has 0 aromatic heterocycles. The first kappa shape index (κ1) is 12.2. The zero-order valence-corrected chi connectivity index (χ0v) is 11.9. The Hall–Kier alpha value is -1.24. The molecule has 2 rings (SSSR count). The van der Waals surface area contributed by atoms with Gasteiger partial charge in [0.25, 0.3) is 0 Å². The van der Waals surface area contributed by atoms with Crippen LogP contribution in [0.5, 0.6) is 0 Å². The van der Waals surface area contributed by atoms with Crippen LogP contribution in [-0.2, 0) is 0 Å². The lowest BCUT2D eigenvalue weighted by Gasteiger charge is -2.43. The van der Waals surface area contributed by atoms with Crippen LogP contribution in [-0.4, -0.2) is 12.1 Å². The fraction of sp³-hybridized carbons (Fsp3) is 0.500. The molecular formula is C16H23N. The summed E-state index contributed by atoms with van der Waals surface area (Å²) in [5.74, 6) is 0. The number of anilines is 1. The Bertz CT molecular complexity index is 481. The summed E-state index contributed by atoms with van der Waals surface area (Å²) < 4.78 is 0. The maximum atomic E-state index is 2.49. The Morgan fingerprint density at radius 3 is 2.24 bits per heavy atom. The van der Waals surface area contributed by atoms with Crippen molar-refractivity contribution in [3.63, 3.8) is 0 Å². The predicted octanol–water partition coefficient (Wildman–Crippen LogP) is 4.33. The normalized spacial score (nSPS) is 17.8. The van der Waals surface area contributed by atoms with E-state index in [1.807, 2.05) is 0 Å². The lowest BCUT2D eigenvalue weighted by Crippen LogP contribution is -2.44. The van der Waals surface area contributed by atoms with Gasteiger partial charge in [0, 0.05) is 17.8 Å². The van der Waals surface area contributed by atoms with Crippen molar-refractivity contribution < 1.29 is 0 Å². The summed E-state index contributed by atoms with van der Waals surface area (Å²) in [6.07, 6.45) is 2.38. The van der Waals surface area contributed by atoms with Gasteiger partial charge in [-0.25, -0.2) is 0 Å². The van der Waals surface area contributed by atoms with Crippen molar-refractivity contribution in [1.29, 1.82) is 0 Å². The van der Waals surface area contributed by atoms with Crippen LogP contribution < -0.4 is 4.90 Å². The number of hydrogen-bond donors (Lipinski definition) is 0. The van der Waals surface area contributed by atoms with Gasteiger partial charge in [0.15, 0.2) is 0 Å². The minimum absolute atomic E-state index is 0.119. The summed E-state index contributed by atoms with van der Waals surface area (Å²) in [5, 5.41) is 0. The smallest absolute Gasteiger partial charge is 0.0534 e. The first-order chi connectivity index (χ1) is 7.86. The molecule has 1 nitrogen and oxygen atoms in total. The molecule has 0 spiro atoms. The van der Waals surface area contributed by atoms with Gasteiger partial charge in [-0.15, -0.1) is 0 Å². The molecule has 1 aromatic rings. The van der Waals surface area contributed by atoms with E-state index in [4.69, 9.17) is 0 Å². The van der Waals surface area contributed by atoms with Gasteiger partial charge < -0.3 is 4.90 Å². The molecule has 1 aliphatic heterocycles. The maximum Gasteiger partial charge on any atom is 0.0534 e. The van der Waals surface area contributed by atoms with E-state index in [0.29, 0.717) is 0 Å². The predicted molar refractivity (Wildman–Crippen MR) is 76.7 cm³/mol. The number of aryl methyl sites for hydroxylation is 2. The summed E-state index contributed by atoms with van der Waals surface area (Å²) in [5.41, 5.74) is 7.07. The van der Waals surface area contributed by atoms with Crippen LogP contribution in [0.1, 0.15) is 44.4 Å². The van der Waals surface area contributed by atoms with Gasteiger partial charge in [0.1, 0.15) is 0 Å². The zero-order valence-electron chi connectivity index (χ0n) is 11.9. The van der Waals surface area contributed by atoms with Crippen molar-refractivity contribution in [1.82, 2.24) is 0 Å². The van der Waals surface area contributed by atoms with Crippen LogP contribution in [0.15, 0.2) is 18.2 Å². The van der Waals surface area contributed by atoms with Crippen LogP contribution >= 0.6 is 0 Å². The highest BCUT2D eigenvalue weighted by Crippen LogP contribution is 2.39. The molecule has 17 heavy (non-hydrogen) atoms. The van der Waals surface area contributed by atoms with E-state index in [1.165, 1.54) is 28.0 Å². The molecule has 92 valence electrons. The number of rotatable bonds is 1. The largest absolute Gasteiger partial charge is 0.363 e. The van der Waals surface area contributed by atoms with Crippen molar-refractivity contribution in [3.8, 4) is 0 Å². The van der Waals surface area contributed by atoms with Crippen LogP contribution in [0.2, 0.25) is 0 Å². The summed E-state index contributed by atoms with van der Waals surface area (Å²) >= 11 is 0. The van der Waals surface area contributed by atoms with E-state index in [1.54, 1.807) is 0 Å². The van der Waals surface area contributed by atoms with Gasteiger partial charge in [-0.1, -0.05) is 6.08 Å². The topological polar surface area (TPSA) is 3.24 Å². The third-order valence-corrected chi connectivity index (χ3v) is 3.91. The molecule has 0 aliphatic carbocycles. The Kier molecular flexibility index (Phi) is 2.81. The molecule has 0 amide bonds. The fourth-order valence-electron chi connectivity index (χ4n) is 2.91. The van der Waals surface area contributed by atoms with Gasteiger partial charge in [0.2, 0.25) is 0 Å². The molecule has 1 aliphatic rings. The Balaban J connectivity index is 2.68. The Morgan fingerprint density at radius 2 is 1.65 bits per heavy atom. The molecular weight excluding hydrogens is 206 g/mol. The number of fused-ring (bicyclic) bond motifs is 1. The number of hydrogen-bond acceptors (Lipinski definition) is 1. The highest BCUT2D eigenvalue weighted by molar-refractivity contribution is 5.82. The highest BCUT2D eigenvalue weighted by atomic mass is 15.2. The van der Waals surface area contributed by atoms with Gasteiger partial charge >= 0.3 is 0 Å². The van der Waals surface area contributed by atoms with Gasteiger partial charge in [-0.05, 0) is 70.4 Å². The quantitative estimate of drug-likeness (QED) is 0.693. The number of benzene rings is 1. The lowest BCUT2D eigenvalue weighted by atomic mass is 9.87. The van der Waals surface area contributed by atoms with Crippen LogP contribution in [0.4, 0.5) is 5.69 Å². The number of allylic oxidation sites excluding steroid dienone is 1. The fourth-order valence-corrected chi connectivity index (χ4v) is 2.91. The second-order valence-corrected chi connectivity index (χ2v) is 5.68. The molecule has 0 fully saturated rings. The first-order valence-corrected chi connectivity index (χ1v) is 6.45. The molecule has 0 saturated heterocycles. The summed E-state index contributed by atoms with van der Waals surface area (Å²) in [7, 11) is 0. The van der Waals surface area contributed by atoms with E-state index in [0.717, 1.165) is 6.54 Å². The van der Waals surface area contributed by atoms with E-state index in [9.17, 15) is 0 Å². The molecule has 1 heteroatoms. The van der Waals surface area contributed by atoms with Crippen LogP contribution in [0.3, 0.4) is 0 Å². The summed E-state index contributed by atoms with van der Waals surface area (Å²) in [4.78, 5) is 2.49. The van der Waals surface area contributed by atoms with E-state index in [2.05, 4.69) is 64.7 Å². The van der Waals surface area contributed by atoms with E-state index >= 15 is 0 Å². The molecule has 0 unspecified atom stereocenters. The Morgan fingerprint density at radius 1 is 1.06 bits per heavy atom. The standard InChI is InChI=1S/C16H23N/c1-7-17-15-9-12(3)11(2)8-14(15)13(4)10-16(17,5)6/h8-10H,7H2,1-6H3. The molecule has 0 atom stereocenters. The average molecular weight is 229 g/mol. The lowest BCUT2D eigenvalue weighted by molar-refractivity contribution is 0.566. The minimum atomic E-state index is 0.119. The zero-order chi connectivity index (χ0) is 12.8. The summed E-state index contributed by atoms with van der Waals surface area (Å²) in [6, 6.07) is 4.67. The molecule has 0 saturated carbocycles. The highest BCUT2D eigenvalue weighted by Gasteiger charge is 2.30. The van der Waals surface area contributed by atoms with Gasteiger partial charge in [-0.2, -0.15) is 0 Å². The Labute approximate surface area is 105 Å². The van der Waals surface area contributed by atoms with Crippen LogP contribution in [0, 0.1) is 13.8 Å². The second-order valence-electron chi connectivity index (χ2n) is 5.68. The van der Waals surface area contributed by atoms with Crippen molar-refractivity contribution in [3.05, 3.63) is 34.9 Å². The van der Waals surface area contributed by atoms with Gasteiger partial charge in [0.05, 0.1) is 5.54 Å². The van der Waals surface area contributed by atoms with Crippen LogP contribution in [0.25, 0.3) is 5.57 Å². The minimum Gasteiger partial charge on any atom is -0.363 e. The third kappa shape index (κ3) is 1.88. The monoisotopic (exact) mass is 229 g/mol. The third-order valence-electron chi connectivity index (χ3n) is 3.91. The number of nitrogens with zero attached hydrogens (tertiary/aromatic N) is 1. The number of likely N-dealkylation sites (N-methyl/N-ethyl adjacent to an activating group) is 1. The van der Waals surface area contributed by atoms with Crippen molar-refractivity contribution in [2.75, 3.05) is 11.4 Å². The summed E-state index contributed by atoms with van der Waals surface area (Å²) in [6.45, 7) is 14.5. The van der Waals surface area contributed by atoms with Gasteiger partial charge in [-0.3, -0.25) is 0 Å². The first-order valence-electron chi connectivity index (χ1n) is 6.45.